The fourth-order valence-electron chi connectivity index (χ4n) is 4.15. The number of carbonyl (C=O) groups excluding carboxylic acids is 2. The summed E-state index contributed by atoms with van der Waals surface area (Å²) in [6.45, 7) is 6.44. The molecule has 2 heterocycles. The molecule has 1 aromatic heterocycles. The molecular formula is C23H31N5O4S. The summed E-state index contributed by atoms with van der Waals surface area (Å²) in [5, 5.41) is 5.11. The highest BCUT2D eigenvalue weighted by Crippen LogP contribution is 2.34. The van der Waals surface area contributed by atoms with Gasteiger partial charge in [-0.3, -0.25) is 9.59 Å². The molecule has 1 aliphatic heterocycles. The van der Waals surface area contributed by atoms with Gasteiger partial charge in [0.05, 0.1) is 17.5 Å². The van der Waals surface area contributed by atoms with Gasteiger partial charge in [-0.05, 0) is 18.3 Å². The number of amides is 2. The molecule has 9 nitrogen and oxygen atoms in total. The van der Waals surface area contributed by atoms with Crippen molar-refractivity contribution in [2.24, 2.45) is 5.41 Å². The quantitative estimate of drug-likeness (QED) is 0.664. The Morgan fingerprint density at radius 2 is 1.79 bits per heavy atom. The Labute approximate surface area is 194 Å². The molecular weight excluding hydrogens is 442 g/mol. The summed E-state index contributed by atoms with van der Waals surface area (Å²) in [4.78, 5) is 30.5. The highest BCUT2D eigenvalue weighted by Gasteiger charge is 2.43. The summed E-state index contributed by atoms with van der Waals surface area (Å²) >= 11 is 0. The first-order chi connectivity index (χ1) is 15.5. The van der Waals surface area contributed by atoms with Gasteiger partial charge in [-0.25, -0.2) is 13.4 Å². The maximum Gasteiger partial charge on any atom is 0.272 e. The second kappa shape index (κ2) is 8.57. The van der Waals surface area contributed by atoms with Crippen LogP contribution in [0.2, 0.25) is 0 Å². The maximum absolute atomic E-state index is 13.4. The normalized spacial score (nSPS) is 17.8. The molecule has 0 saturated heterocycles. The lowest BCUT2D eigenvalue weighted by atomic mass is 9.86. The molecule has 1 aromatic carbocycles. The second-order valence-electron chi connectivity index (χ2n) is 9.71. The Morgan fingerprint density at radius 3 is 2.36 bits per heavy atom. The van der Waals surface area contributed by atoms with Crippen LogP contribution in [-0.2, 0) is 27.9 Å². The first-order valence-corrected chi connectivity index (χ1v) is 12.7. The smallest absolute Gasteiger partial charge is 0.272 e. The Hall–Kier alpha value is -2.72. The van der Waals surface area contributed by atoms with Crippen LogP contribution in [-0.4, -0.2) is 59.0 Å². The second-order valence-corrected chi connectivity index (χ2v) is 11.9. The molecule has 2 N–H and O–H groups in total. The Balaban J connectivity index is 1.74. The molecule has 2 aromatic rings. The number of fused-ring (bicyclic) bond motifs is 1. The van der Waals surface area contributed by atoms with E-state index in [2.05, 4.69) is 15.6 Å². The van der Waals surface area contributed by atoms with E-state index in [1.807, 2.05) is 55.7 Å². The number of imidazole rings is 1. The molecule has 10 heteroatoms. The average Bonchev–Trinajstić information content (AvgIpc) is 3.58. The van der Waals surface area contributed by atoms with Crippen molar-refractivity contribution in [1.82, 2.24) is 24.5 Å². The summed E-state index contributed by atoms with van der Waals surface area (Å²) in [6, 6.07) is 8.73. The number of rotatable bonds is 6. The molecule has 0 unspecified atom stereocenters. The van der Waals surface area contributed by atoms with E-state index in [0.29, 0.717) is 37.4 Å². The third-order valence-corrected chi connectivity index (χ3v) is 8.52. The van der Waals surface area contributed by atoms with Crippen molar-refractivity contribution in [2.45, 2.75) is 58.0 Å². The van der Waals surface area contributed by atoms with Crippen LogP contribution in [0.3, 0.4) is 0 Å². The van der Waals surface area contributed by atoms with Crippen LogP contribution in [0.1, 0.15) is 49.8 Å². The molecule has 178 valence electrons. The molecule has 1 aliphatic carbocycles. The van der Waals surface area contributed by atoms with Crippen LogP contribution in [0.15, 0.2) is 30.3 Å². The van der Waals surface area contributed by atoms with E-state index >= 15 is 0 Å². The van der Waals surface area contributed by atoms with Gasteiger partial charge >= 0.3 is 0 Å². The van der Waals surface area contributed by atoms with Gasteiger partial charge in [0.25, 0.3) is 5.91 Å². The predicted octanol–water partition coefficient (Wildman–Crippen LogP) is 1.75. The maximum atomic E-state index is 13.4. The number of sulfonamides is 1. The zero-order valence-electron chi connectivity index (χ0n) is 19.5. The third kappa shape index (κ3) is 4.54. The zero-order valence-corrected chi connectivity index (χ0v) is 20.3. The zero-order chi connectivity index (χ0) is 24.0. The monoisotopic (exact) mass is 473 g/mol. The molecule has 33 heavy (non-hydrogen) atoms. The average molecular weight is 474 g/mol. The number of nitrogens with one attached hydrogen (secondary N) is 2. The largest absolute Gasteiger partial charge is 0.357 e. The lowest BCUT2D eigenvalue weighted by Gasteiger charge is -2.30. The first-order valence-electron chi connectivity index (χ1n) is 11.2. The number of benzene rings is 1. The van der Waals surface area contributed by atoms with E-state index in [1.165, 1.54) is 11.4 Å². The van der Waals surface area contributed by atoms with Crippen molar-refractivity contribution in [1.29, 1.82) is 0 Å². The Morgan fingerprint density at radius 1 is 1.12 bits per heavy atom. The molecule has 4 rings (SSSR count). The van der Waals surface area contributed by atoms with Gasteiger partial charge in [0.1, 0.15) is 11.9 Å². The molecule has 1 fully saturated rings. The number of carbonyl (C=O) groups is 2. The van der Waals surface area contributed by atoms with Gasteiger partial charge in [0, 0.05) is 25.7 Å². The summed E-state index contributed by atoms with van der Waals surface area (Å²) in [7, 11) is -1.87. The van der Waals surface area contributed by atoms with Crippen molar-refractivity contribution in [3.05, 3.63) is 41.7 Å². The van der Waals surface area contributed by atoms with Gasteiger partial charge in [-0.15, -0.1) is 0 Å². The number of nitrogens with zero attached hydrogens (tertiary/aromatic N) is 3. The first kappa shape index (κ1) is 23.4. The Bertz CT molecular complexity index is 1160. The van der Waals surface area contributed by atoms with Crippen molar-refractivity contribution in [3.63, 3.8) is 0 Å². The number of hydrogen-bond donors (Lipinski definition) is 2. The highest BCUT2D eigenvalue weighted by atomic mass is 32.2. The van der Waals surface area contributed by atoms with E-state index in [9.17, 15) is 18.0 Å². The minimum Gasteiger partial charge on any atom is -0.357 e. The molecule has 1 saturated carbocycles. The SMILES string of the molecule is CNC(=O)[C@@H](NC(=O)c1nc(-c2ccccc2)n2c1CN(S(=O)(=O)C1CC1)CC2)C(C)(C)C. The molecule has 2 amide bonds. The fraction of sp³-hybridized carbons (Fsp3) is 0.522. The molecule has 1 atom stereocenters. The van der Waals surface area contributed by atoms with Gasteiger partial charge in [0.15, 0.2) is 5.69 Å². The van der Waals surface area contributed by atoms with Gasteiger partial charge < -0.3 is 15.2 Å². The summed E-state index contributed by atoms with van der Waals surface area (Å²) < 4.78 is 29.2. The molecule has 0 bridgehead atoms. The van der Waals surface area contributed by atoms with Crippen LogP contribution >= 0.6 is 0 Å². The Kier molecular flexibility index (Phi) is 6.09. The topological polar surface area (TPSA) is 113 Å². The number of aromatic nitrogens is 2. The van der Waals surface area contributed by atoms with Crippen LogP contribution < -0.4 is 10.6 Å². The van der Waals surface area contributed by atoms with Crippen molar-refractivity contribution < 1.29 is 18.0 Å². The van der Waals surface area contributed by atoms with E-state index in [-0.39, 0.29) is 23.4 Å². The van der Waals surface area contributed by atoms with Gasteiger partial charge in [-0.2, -0.15) is 4.31 Å². The summed E-state index contributed by atoms with van der Waals surface area (Å²) in [6.07, 6.45) is 1.36. The lowest BCUT2D eigenvalue weighted by molar-refractivity contribution is -0.124. The van der Waals surface area contributed by atoms with E-state index in [4.69, 9.17) is 0 Å². The number of hydrogen-bond acceptors (Lipinski definition) is 5. The lowest BCUT2D eigenvalue weighted by Crippen LogP contribution is -2.53. The van der Waals surface area contributed by atoms with Crippen molar-refractivity contribution >= 4 is 21.8 Å². The highest BCUT2D eigenvalue weighted by molar-refractivity contribution is 7.90. The van der Waals surface area contributed by atoms with Crippen molar-refractivity contribution in [2.75, 3.05) is 13.6 Å². The fourth-order valence-corrected chi connectivity index (χ4v) is 5.94. The summed E-state index contributed by atoms with van der Waals surface area (Å²) in [5.41, 5.74) is 1.02. The van der Waals surface area contributed by atoms with E-state index in [1.54, 1.807) is 0 Å². The minimum atomic E-state index is -3.40. The minimum absolute atomic E-state index is 0.0849. The van der Waals surface area contributed by atoms with Gasteiger partial charge in [-0.1, -0.05) is 51.1 Å². The van der Waals surface area contributed by atoms with Gasteiger partial charge in [0.2, 0.25) is 15.9 Å². The molecule has 2 aliphatic rings. The van der Waals surface area contributed by atoms with E-state index < -0.39 is 27.4 Å². The molecule has 0 spiro atoms. The van der Waals surface area contributed by atoms with E-state index in [0.717, 1.165) is 5.56 Å². The van der Waals surface area contributed by atoms with Crippen LogP contribution in [0, 0.1) is 5.41 Å². The van der Waals surface area contributed by atoms with Crippen LogP contribution in [0.5, 0.6) is 0 Å². The van der Waals surface area contributed by atoms with Crippen molar-refractivity contribution in [3.8, 4) is 11.4 Å². The third-order valence-electron chi connectivity index (χ3n) is 6.17. The predicted molar refractivity (Wildman–Crippen MR) is 125 cm³/mol. The summed E-state index contributed by atoms with van der Waals surface area (Å²) in [5.74, 6) is -0.174. The molecule has 0 radical (unpaired) electrons. The standard InChI is InChI=1S/C23H31N5O4S/c1-23(2,3)19(22(30)24-4)26-21(29)18-17-14-27(33(31,32)16-10-11-16)12-13-28(17)20(25-18)15-8-6-5-7-9-15/h5-9,16,19H,10-14H2,1-4H3,(H,24,30)(H,26,29)/t19-/m1/s1. The van der Waals surface area contributed by atoms with Crippen LogP contribution in [0.25, 0.3) is 11.4 Å². The van der Waals surface area contributed by atoms with Crippen LogP contribution in [0.4, 0.5) is 0 Å². The number of likely N-dealkylation sites (N-methyl/N-ethyl adjacent to an activating group) is 1.